The summed E-state index contributed by atoms with van der Waals surface area (Å²) in [6, 6.07) is 5.03. The van der Waals surface area contributed by atoms with Crippen LogP contribution in [0.15, 0.2) is 42.1 Å². The molecule has 0 saturated heterocycles. The Balaban J connectivity index is 1.89. The molecule has 1 aromatic carbocycles. The molecule has 104 valence electrons. The molecular weight excluding hydrogens is 299 g/mol. The number of amides is 2. The van der Waals surface area contributed by atoms with E-state index in [1.54, 1.807) is 6.08 Å². The predicted molar refractivity (Wildman–Crippen MR) is 79.9 cm³/mol. The van der Waals surface area contributed by atoms with Crippen molar-refractivity contribution in [3.8, 4) is 0 Å². The Morgan fingerprint density at radius 2 is 2.15 bits per heavy atom. The van der Waals surface area contributed by atoms with Crippen LogP contribution in [0.3, 0.4) is 0 Å². The molecule has 0 aliphatic carbocycles. The number of hydrogen-bond acceptors (Lipinski definition) is 5. The van der Waals surface area contributed by atoms with Crippen molar-refractivity contribution in [2.24, 2.45) is 0 Å². The van der Waals surface area contributed by atoms with E-state index in [1.165, 1.54) is 36.0 Å². The zero-order valence-electron chi connectivity index (χ0n) is 10.3. The molecule has 0 unspecified atom stereocenters. The molecule has 2 amide bonds. The molecule has 8 heteroatoms. The van der Waals surface area contributed by atoms with Gasteiger partial charge in [-0.1, -0.05) is 17.8 Å². The highest BCUT2D eigenvalue weighted by molar-refractivity contribution is 7.99. The molecule has 1 heterocycles. The van der Waals surface area contributed by atoms with E-state index in [9.17, 15) is 9.18 Å². The van der Waals surface area contributed by atoms with E-state index in [2.05, 4.69) is 26.6 Å². The normalized spacial score (nSPS) is 10.1. The topological polar surface area (TPSA) is 66.9 Å². The highest BCUT2D eigenvalue weighted by Gasteiger charge is 2.08. The summed E-state index contributed by atoms with van der Waals surface area (Å²) >= 11 is 2.52. The zero-order valence-corrected chi connectivity index (χ0v) is 11.9. The zero-order chi connectivity index (χ0) is 14.4. The lowest BCUT2D eigenvalue weighted by molar-refractivity contribution is 0.262. The average Bonchev–Trinajstić information content (AvgIpc) is 2.86. The molecule has 0 aliphatic rings. The van der Waals surface area contributed by atoms with E-state index in [4.69, 9.17) is 0 Å². The molecule has 2 aromatic rings. The van der Waals surface area contributed by atoms with Crippen LogP contribution in [0.5, 0.6) is 0 Å². The SMILES string of the molecule is C=CCSc1nsc(NC(=O)Nc2ccc(F)cc2)n1. The lowest BCUT2D eigenvalue weighted by Gasteiger charge is -2.04. The lowest BCUT2D eigenvalue weighted by Crippen LogP contribution is -2.19. The molecule has 2 N–H and O–H groups in total. The van der Waals surface area contributed by atoms with Gasteiger partial charge in [-0.25, -0.2) is 9.18 Å². The maximum atomic E-state index is 12.7. The fourth-order valence-corrected chi connectivity index (χ4v) is 2.52. The Labute approximate surface area is 123 Å². The van der Waals surface area contributed by atoms with Gasteiger partial charge in [0, 0.05) is 23.0 Å². The number of hydrogen-bond donors (Lipinski definition) is 2. The highest BCUT2D eigenvalue weighted by atomic mass is 32.2. The Morgan fingerprint density at radius 3 is 2.85 bits per heavy atom. The van der Waals surface area contributed by atoms with Gasteiger partial charge in [-0.3, -0.25) is 5.32 Å². The van der Waals surface area contributed by atoms with Crippen molar-refractivity contribution in [1.82, 2.24) is 9.36 Å². The first-order valence-electron chi connectivity index (χ1n) is 5.58. The van der Waals surface area contributed by atoms with Crippen LogP contribution in [0.25, 0.3) is 0 Å². The summed E-state index contributed by atoms with van der Waals surface area (Å²) < 4.78 is 16.8. The Hall–Kier alpha value is -1.93. The molecule has 5 nitrogen and oxygen atoms in total. The number of nitrogens with one attached hydrogen (secondary N) is 2. The first kappa shape index (κ1) is 14.5. The number of carbonyl (C=O) groups excluding carboxylic acids is 1. The number of nitrogens with zero attached hydrogens (tertiary/aromatic N) is 2. The van der Waals surface area contributed by atoms with E-state index in [0.29, 0.717) is 21.7 Å². The number of aromatic nitrogens is 2. The van der Waals surface area contributed by atoms with Gasteiger partial charge in [-0.15, -0.1) is 6.58 Å². The Bertz CT molecular complexity index is 600. The van der Waals surface area contributed by atoms with Crippen molar-refractivity contribution in [3.63, 3.8) is 0 Å². The van der Waals surface area contributed by atoms with Crippen LogP contribution >= 0.6 is 23.3 Å². The maximum absolute atomic E-state index is 12.7. The van der Waals surface area contributed by atoms with Gasteiger partial charge in [-0.2, -0.15) is 9.36 Å². The van der Waals surface area contributed by atoms with Crippen molar-refractivity contribution < 1.29 is 9.18 Å². The second kappa shape index (κ2) is 7.01. The molecule has 0 spiro atoms. The molecule has 0 fully saturated rings. The second-order valence-electron chi connectivity index (χ2n) is 3.57. The summed E-state index contributed by atoms with van der Waals surface area (Å²) in [5, 5.41) is 6.12. The standard InChI is InChI=1S/C12H11FN4OS2/c1-2-7-19-12-16-11(20-17-12)15-10(18)14-9-5-3-8(13)4-6-9/h2-6H,1,7H2,(H2,14,15,16,17,18). The molecule has 0 bridgehead atoms. The Morgan fingerprint density at radius 1 is 1.40 bits per heavy atom. The minimum atomic E-state index is -0.451. The van der Waals surface area contributed by atoms with Gasteiger partial charge in [0.2, 0.25) is 10.3 Å². The van der Waals surface area contributed by atoms with Gasteiger partial charge in [-0.05, 0) is 24.3 Å². The number of halogens is 1. The maximum Gasteiger partial charge on any atom is 0.325 e. The van der Waals surface area contributed by atoms with Crippen LogP contribution in [0, 0.1) is 5.82 Å². The van der Waals surface area contributed by atoms with Gasteiger partial charge in [0.25, 0.3) is 0 Å². The van der Waals surface area contributed by atoms with Crippen molar-refractivity contribution in [1.29, 1.82) is 0 Å². The van der Waals surface area contributed by atoms with Crippen molar-refractivity contribution in [3.05, 3.63) is 42.7 Å². The number of thioether (sulfide) groups is 1. The molecule has 2 rings (SSSR count). The van der Waals surface area contributed by atoms with Gasteiger partial charge in [0.1, 0.15) is 5.82 Å². The van der Waals surface area contributed by atoms with Crippen LogP contribution in [-0.4, -0.2) is 21.1 Å². The van der Waals surface area contributed by atoms with Gasteiger partial charge in [0.15, 0.2) is 0 Å². The minimum Gasteiger partial charge on any atom is -0.308 e. The van der Waals surface area contributed by atoms with Crippen molar-refractivity contribution in [2.75, 3.05) is 16.4 Å². The number of benzene rings is 1. The second-order valence-corrected chi connectivity index (χ2v) is 5.31. The van der Waals surface area contributed by atoms with Crippen LogP contribution in [0.1, 0.15) is 0 Å². The van der Waals surface area contributed by atoms with Crippen LogP contribution in [0.4, 0.5) is 20.0 Å². The molecular formula is C12H11FN4OS2. The fraction of sp³-hybridized carbons (Fsp3) is 0.0833. The summed E-state index contributed by atoms with van der Waals surface area (Å²) in [4.78, 5) is 15.8. The molecule has 0 radical (unpaired) electrons. The molecule has 1 aromatic heterocycles. The third-order valence-corrected chi connectivity index (χ3v) is 3.65. The summed E-state index contributed by atoms with van der Waals surface area (Å²) in [6.45, 7) is 3.60. The lowest BCUT2D eigenvalue weighted by atomic mass is 10.3. The Kier molecular flexibility index (Phi) is 5.08. The molecule has 20 heavy (non-hydrogen) atoms. The van der Waals surface area contributed by atoms with Gasteiger partial charge < -0.3 is 5.32 Å². The molecule has 0 saturated carbocycles. The number of rotatable bonds is 5. The van der Waals surface area contributed by atoms with Crippen LogP contribution in [0.2, 0.25) is 0 Å². The predicted octanol–water partition coefficient (Wildman–Crippen LogP) is 3.60. The number of carbonyl (C=O) groups is 1. The smallest absolute Gasteiger partial charge is 0.308 e. The highest BCUT2D eigenvalue weighted by Crippen LogP contribution is 2.20. The monoisotopic (exact) mass is 310 g/mol. The fourth-order valence-electron chi connectivity index (χ4n) is 1.25. The van der Waals surface area contributed by atoms with Crippen molar-refractivity contribution in [2.45, 2.75) is 5.16 Å². The quantitative estimate of drug-likeness (QED) is 0.654. The summed E-state index contributed by atoms with van der Waals surface area (Å²) in [6.07, 6.45) is 1.75. The number of urea groups is 1. The van der Waals surface area contributed by atoms with Crippen molar-refractivity contribution >= 4 is 40.1 Å². The van der Waals surface area contributed by atoms with Gasteiger partial charge in [0.05, 0.1) is 0 Å². The van der Waals surface area contributed by atoms with E-state index in [-0.39, 0.29) is 5.82 Å². The largest absolute Gasteiger partial charge is 0.325 e. The number of anilines is 2. The van der Waals surface area contributed by atoms with E-state index < -0.39 is 6.03 Å². The summed E-state index contributed by atoms with van der Waals surface area (Å²) in [7, 11) is 0. The van der Waals surface area contributed by atoms with E-state index >= 15 is 0 Å². The first-order chi connectivity index (χ1) is 9.67. The van der Waals surface area contributed by atoms with Crippen LogP contribution < -0.4 is 10.6 Å². The molecule has 0 aliphatic heterocycles. The van der Waals surface area contributed by atoms with E-state index in [0.717, 1.165) is 11.5 Å². The molecule has 0 atom stereocenters. The summed E-state index contributed by atoms with van der Waals surface area (Å²) in [5.74, 6) is 0.349. The van der Waals surface area contributed by atoms with Gasteiger partial charge >= 0.3 is 6.03 Å². The minimum absolute atomic E-state index is 0.357. The van der Waals surface area contributed by atoms with E-state index in [1.807, 2.05) is 0 Å². The van der Waals surface area contributed by atoms with Crippen LogP contribution in [-0.2, 0) is 0 Å². The third-order valence-electron chi connectivity index (χ3n) is 2.06. The summed E-state index contributed by atoms with van der Waals surface area (Å²) in [5.41, 5.74) is 0.495. The first-order valence-corrected chi connectivity index (χ1v) is 7.34. The third kappa shape index (κ3) is 4.32. The average molecular weight is 310 g/mol.